The Bertz CT molecular complexity index is 471. The Morgan fingerprint density at radius 2 is 1.87 bits per heavy atom. The molecule has 1 heterocycles. The van der Waals surface area contributed by atoms with Gasteiger partial charge in [0.1, 0.15) is 11.5 Å². The molecule has 0 saturated carbocycles. The quantitative estimate of drug-likeness (QED) is 0.701. The molecule has 2 nitrogen and oxygen atoms in total. The maximum atomic E-state index is 5.76. The molecule has 0 aliphatic rings. The van der Waals surface area contributed by atoms with Gasteiger partial charge >= 0.3 is 0 Å². The average molecular weight is 220 g/mol. The van der Waals surface area contributed by atoms with Crippen LogP contribution in [0.2, 0.25) is 5.02 Å². The van der Waals surface area contributed by atoms with Crippen molar-refractivity contribution >= 4 is 23.5 Å². The van der Waals surface area contributed by atoms with Crippen molar-refractivity contribution in [2.45, 2.75) is 6.92 Å². The van der Waals surface area contributed by atoms with E-state index < -0.39 is 0 Å². The maximum absolute atomic E-state index is 5.76. The molecule has 0 fully saturated rings. The summed E-state index contributed by atoms with van der Waals surface area (Å²) in [4.78, 5) is 4.25. The third-order valence-corrected chi connectivity index (χ3v) is 2.18. The molecular formula is C12H10ClNO. The Morgan fingerprint density at radius 1 is 1.13 bits per heavy atom. The van der Waals surface area contributed by atoms with Crippen molar-refractivity contribution in [2.24, 2.45) is 4.99 Å². The third kappa shape index (κ3) is 2.70. The van der Waals surface area contributed by atoms with Crippen LogP contribution in [0.25, 0.3) is 0 Å². The van der Waals surface area contributed by atoms with Crippen LogP contribution >= 0.6 is 11.6 Å². The molecule has 0 unspecified atom stereocenters. The summed E-state index contributed by atoms with van der Waals surface area (Å²) in [6, 6.07) is 11.1. The van der Waals surface area contributed by atoms with Crippen molar-refractivity contribution in [2.75, 3.05) is 0 Å². The number of hydrogen-bond donors (Lipinski definition) is 0. The fourth-order valence-corrected chi connectivity index (χ4v) is 1.31. The monoisotopic (exact) mass is 219 g/mol. The van der Waals surface area contributed by atoms with Gasteiger partial charge in [-0.25, -0.2) is 0 Å². The molecule has 1 aromatic heterocycles. The van der Waals surface area contributed by atoms with Crippen molar-refractivity contribution in [3.8, 4) is 0 Å². The van der Waals surface area contributed by atoms with Crippen LogP contribution in [0.5, 0.6) is 0 Å². The molecule has 0 atom stereocenters. The first-order valence-electron chi connectivity index (χ1n) is 4.60. The lowest BCUT2D eigenvalue weighted by Gasteiger charge is -1.92. The molecule has 3 heteroatoms. The van der Waals surface area contributed by atoms with Gasteiger partial charge in [0.05, 0.1) is 11.9 Å². The van der Waals surface area contributed by atoms with Gasteiger partial charge in [0.2, 0.25) is 0 Å². The number of furan rings is 1. The van der Waals surface area contributed by atoms with Gasteiger partial charge in [-0.2, -0.15) is 0 Å². The van der Waals surface area contributed by atoms with E-state index in [1.54, 1.807) is 6.21 Å². The van der Waals surface area contributed by atoms with E-state index in [-0.39, 0.29) is 0 Å². The minimum Gasteiger partial charge on any atom is -0.460 e. The van der Waals surface area contributed by atoms with E-state index in [0.717, 1.165) is 17.2 Å². The first kappa shape index (κ1) is 9.99. The number of rotatable bonds is 2. The standard InChI is InChI=1S/C12H10ClNO/c1-9-2-7-12(15-9)8-14-11-5-3-10(13)4-6-11/h2-8H,1H3. The molecule has 76 valence electrons. The van der Waals surface area contributed by atoms with E-state index in [1.807, 2.05) is 43.3 Å². The van der Waals surface area contributed by atoms with Gasteiger partial charge in [0.15, 0.2) is 0 Å². The van der Waals surface area contributed by atoms with Crippen molar-refractivity contribution in [3.05, 3.63) is 52.9 Å². The lowest BCUT2D eigenvalue weighted by molar-refractivity contribution is 0.528. The van der Waals surface area contributed by atoms with Gasteiger partial charge in [0.25, 0.3) is 0 Å². The summed E-state index contributed by atoms with van der Waals surface area (Å²) >= 11 is 5.76. The number of aliphatic imine (C=N–C) groups is 1. The number of hydrogen-bond acceptors (Lipinski definition) is 2. The summed E-state index contributed by atoms with van der Waals surface area (Å²) in [6.45, 7) is 1.90. The smallest absolute Gasteiger partial charge is 0.145 e. The van der Waals surface area contributed by atoms with E-state index in [2.05, 4.69) is 4.99 Å². The lowest BCUT2D eigenvalue weighted by atomic mass is 10.3. The molecular weight excluding hydrogens is 210 g/mol. The second-order valence-electron chi connectivity index (χ2n) is 3.18. The molecule has 0 aliphatic heterocycles. The zero-order valence-corrected chi connectivity index (χ0v) is 9.03. The molecule has 0 spiro atoms. The maximum Gasteiger partial charge on any atom is 0.145 e. The Balaban J connectivity index is 2.14. The highest BCUT2D eigenvalue weighted by Crippen LogP contribution is 2.16. The second kappa shape index (κ2) is 4.32. The van der Waals surface area contributed by atoms with Gasteiger partial charge in [-0.15, -0.1) is 0 Å². The van der Waals surface area contributed by atoms with Crippen LogP contribution in [0, 0.1) is 6.92 Å². The average Bonchev–Trinajstić information content (AvgIpc) is 2.64. The second-order valence-corrected chi connectivity index (χ2v) is 3.62. The molecule has 0 N–H and O–H groups in total. The summed E-state index contributed by atoms with van der Waals surface area (Å²) in [7, 11) is 0. The summed E-state index contributed by atoms with van der Waals surface area (Å²) in [5.41, 5.74) is 0.855. The van der Waals surface area contributed by atoms with E-state index in [9.17, 15) is 0 Å². The fourth-order valence-electron chi connectivity index (χ4n) is 1.19. The number of nitrogens with zero attached hydrogens (tertiary/aromatic N) is 1. The molecule has 2 aromatic rings. The van der Waals surface area contributed by atoms with Crippen LogP contribution < -0.4 is 0 Å². The zero-order valence-electron chi connectivity index (χ0n) is 8.27. The van der Waals surface area contributed by atoms with Gasteiger partial charge < -0.3 is 4.42 Å². The Labute approximate surface area is 93.2 Å². The minimum absolute atomic E-state index is 0.711. The topological polar surface area (TPSA) is 25.5 Å². The van der Waals surface area contributed by atoms with Crippen LogP contribution in [-0.2, 0) is 0 Å². The normalized spacial score (nSPS) is 11.1. The molecule has 0 amide bonds. The fraction of sp³-hybridized carbons (Fsp3) is 0.0833. The molecule has 0 aliphatic carbocycles. The molecule has 0 radical (unpaired) electrons. The van der Waals surface area contributed by atoms with Crippen LogP contribution in [0.3, 0.4) is 0 Å². The zero-order chi connectivity index (χ0) is 10.7. The molecule has 2 rings (SSSR count). The van der Waals surface area contributed by atoms with E-state index in [1.165, 1.54) is 0 Å². The van der Waals surface area contributed by atoms with E-state index in [0.29, 0.717) is 5.02 Å². The number of benzene rings is 1. The Morgan fingerprint density at radius 3 is 2.47 bits per heavy atom. The Kier molecular flexibility index (Phi) is 2.88. The molecule has 0 saturated heterocycles. The first-order chi connectivity index (χ1) is 7.24. The van der Waals surface area contributed by atoms with Gasteiger partial charge in [-0.3, -0.25) is 4.99 Å². The minimum atomic E-state index is 0.711. The summed E-state index contributed by atoms with van der Waals surface area (Å²) in [5.74, 6) is 1.63. The Hall–Kier alpha value is -1.54. The van der Waals surface area contributed by atoms with Gasteiger partial charge in [-0.05, 0) is 43.3 Å². The van der Waals surface area contributed by atoms with Gasteiger partial charge in [-0.1, -0.05) is 11.6 Å². The molecule has 1 aromatic carbocycles. The molecule has 15 heavy (non-hydrogen) atoms. The molecule has 0 bridgehead atoms. The van der Waals surface area contributed by atoms with Crippen molar-refractivity contribution in [1.82, 2.24) is 0 Å². The van der Waals surface area contributed by atoms with Crippen molar-refractivity contribution < 1.29 is 4.42 Å². The first-order valence-corrected chi connectivity index (χ1v) is 4.98. The van der Waals surface area contributed by atoms with Crippen molar-refractivity contribution in [1.29, 1.82) is 0 Å². The lowest BCUT2D eigenvalue weighted by Crippen LogP contribution is -1.73. The van der Waals surface area contributed by atoms with Gasteiger partial charge in [0, 0.05) is 5.02 Å². The van der Waals surface area contributed by atoms with E-state index >= 15 is 0 Å². The highest BCUT2D eigenvalue weighted by atomic mass is 35.5. The summed E-state index contributed by atoms with van der Waals surface area (Å²) in [5, 5.41) is 0.711. The summed E-state index contributed by atoms with van der Waals surface area (Å²) < 4.78 is 5.35. The van der Waals surface area contributed by atoms with E-state index in [4.69, 9.17) is 16.0 Å². The SMILES string of the molecule is Cc1ccc(C=Nc2ccc(Cl)cc2)o1. The number of halogens is 1. The summed E-state index contributed by atoms with van der Waals surface area (Å²) in [6.07, 6.45) is 1.69. The number of aryl methyl sites for hydroxylation is 1. The van der Waals surface area contributed by atoms with Crippen LogP contribution in [0.1, 0.15) is 11.5 Å². The van der Waals surface area contributed by atoms with Crippen LogP contribution in [0.15, 0.2) is 45.8 Å². The highest BCUT2D eigenvalue weighted by Gasteiger charge is 1.93. The largest absolute Gasteiger partial charge is 0.460 e. The van der Waals surface area contributed by atoms with Crippen LogP contribution in [0.4, 0.5) is 5.69 Å². The predicted octanol–water partition coefficient (Wildman–Crippen LogP) is 3.99. The van der Waals surface area contributed by atoms with Crippen LogP contribution in [-0.4, -0.2) is 6.21 Å². The third-order valence-electron chi connectivity index (χ3n) is 1.93. The highest BCUT2D eigenvalue weighted by molar-refractivity contribution is 6.30. The predicted molar refractivity (Wildman–Crippen MR) is 62.2 cm³/mol. The van der Waals surface area contributed by atoms with Crippen molar-refractivity contribution in [3.63, 3.8) is 0 Å².